The molecule has 2 amide bonds. The predicted octanol–water partition coefficient (Wildman–Crippen LogP) is 3.89. The van der Waals surface area contributed by atoms with Gasteiger partial charge in [0.1, 0.15) is 22.1 Å². The average Bonchev–Trinajstić information content (AvgIpc) is 2.80. The van der Waals surface area contributed by atoms with Crippen molar-refractivity contribution in [3.63, 3.8) is 0 Å². The third-order valence-electron chi connectivity index (χ3n) is 4.61. The Bertz CT molecular complexity index is 1300. The van der Waals surface area contributed by atoms with E-state index in [4.69, 9.17) is 8.92 Å². The van der Waals surface area contributed by atoms with Crippen molar-refractivity contribution in [1.29, 1.82) is 0 Å². The monoisotopic (exact) mass is 480 g/mol. The van der Waals surface area contributed by atoms with Gasteiger partial charge in [-0.15, -0.1) is 0 Å². The maximum absolute atomic E-state index is 12.7. The number of ether oxygens (including phenoxy) is 1. The van der Waals surface area contributed by atoms with E-state index < -0.39 is 21.9 Å². The predicted molar refractivity (Wildman–Crippen MR) is 129 cm³/mol. The van der Waals surface area contributed by atoms with Crippen molar-refractivity contribution >= 4 is 33.7 Å². The largest absolute Gasteiger partial charge is 0.497 e. The van der Waals surface area contributed by atoms with Gasteiger partial charge < -0.3 is 19.6 Å². The molecule has 0 saturated carbocycles. The molecule has 0 unspecified atom stereocenters. The second kappa shape index (κ2) is 10.7. The number of hydrogen-bond donors (Lipinski definition) is 2. The average molecular weight is 481 g/mol. The highest BCUT2D eigenvalue weighted by Gasteiger charge is 2.16. The van der Waals surface area contributed by atoms with Crippen LogP contribution >= 0.6 is 0 Å². The van der Waals surface area contributed by atoms with Crippen molar-refractivity contribution in [3.05, 3.63) is 89.6 Å². The maximum atomic E-state index is 12.7. The number of amides is 2. The zero-order valence-corrected chi connectivity index (χ0v) is 19.7. The van der Waals surface area contributed by atoms with Gasteiger partial charge in [-0.25, -0.2) is 0 Å². The third kappa shape index (κ3) is 6.69. The van der Waals surface area contributed by atoms with Gasteiger partial charge in [0.25, 0.3) is 5.91 Å². The van der Waals surface area contributed by atoms with Gasteiger partial charge in [0, 0.05) is 12.6 Å². The molecule has 0 atom stereocenters. The van der Waals surface area contributed by atoms with Crippen LogP contribution in [-0.4, -0.2) is 27.3 Å². The first kappa shape index (κ1) is 24.5. The van der Waals surface area contributed by atoms with E-state index in [-0.39, 0.29) is 16.3 Å². The molecule has 2 N–H and O–H groups in total. The summed E-state index contributed by atoms with van der Waals surface area (Å²) in [4.78, 5) is 24.4. The van der Waals surface area contributed by atoms with Crippen molar-refractivity contribution < 1.29 is 26.9 Å². The standard InChI is InChI=1S/C25H24N2O6S/c1-17-4-14-23(15-5-17)34(30,31)33-22-10-6-19(7-11-22)16-24(26-18(2)28)25(29)27-20-8-12-21(32-3)13-9-20/h4-16H,1-3H3,(H,26,28)(H,27,29)/b24-16+. The Morgan fingerprint density at radius 1 is 0.853 bits per heavy atom. The fourth-order valence-electron chi connectivity index (χ4n) is 2.89. The number of anilines is 1. The van der Waals surface area contributed by atoms with Crippen LogP contribution in [0.3, 0.4) is 0 Å². The van der Waals surface area contributed by atoms with Crippen LogP contribution < -0.4 is 19.6 Å². The molecule has 0 spiro atoms. The second-order valence-electron chi connectivity index (χ2n) is 7.34. The summed E-state index contributed by atoms with van der Waals surface area (Å²) in [5.41, 5.74) is 2.02. The number of benzene rings is 3. The van der Waals surface area contributed by atoms with Gasteiger partial charge in [0.15, 0.2) is 0 Å². The van der Waals surface area contributed by atoms with Gasteiger partial charge in [-0.2, -0.15) is 8.42 Å². The highest BCUT2D eigenvalue weighted by molar-refractivity contribution is 7.87. The maximum Gasteiger partial charge on any atom is 0.339 e. The zero-order chi connectivity index (χ0) is 24.7. The quantitative estimate of drug-likeness (QED) is 0.374. The summed E-state index contributed by atoms with van der Waals surface area (Å²) in [6.07, 6.45) is 1.47. The van der Waals surface area contributed by atoms with E-state index in [0.717, 1.165) is 5.56 Å². The smallest absolute Gasteiger partial charge is 0.339 e. The summed E-state index contributed by atoms with van der Waals surface area (Å²) in [6.45, 7) is 3.15. The Hall–Kier alpha value is -4.11. The molecule has 176 valence electrons. The Kier molecular flexibility index (Phi) is 7.70. The lowest BCUT2D eigenvalue weighted by Crippen LogP contribution is -2.28. The molecule has 0 aliphatic carbocycles. The van der Waals surface area contributed by atoms with Gasteiger partial charge >= 0.3 is 10.1 Å². The summed E-state index contributed by atoms with van der Waals surface area (Å²) in [5.74, 6) is -0.188. The molecular weight excluding hydrogens is 456 g/mol. The molecule has 0 aromatic heterocycles. The summed E-state index contributed by atoms with van der Waals surface area (Å²) in [7, 11) is -2.44. The Labute approximate surface area is 198 Å². The lowest BCUT2D eigenvalue weighted by Gasteiger charge is -2.11. The summed E-state index contributed by atoms with van der Waals surface area (Å²) >= 11 is 0. The lowest BCUT2D eigenvalue weighted by molar-refractivity contribution is -0.120. The third-order valence-corrected chi connectivity index (χ3v) is 5.87. The topological polar surface area (TPSA) is 111 Å². The van der Waals surface area contributed by atoms with Crippen LogP contribution in [0.2, 0.25) is 0 Å². The lowest BCUT2D eigenvalue weighted by atomic mass is 10.1. The van der Waals surface area contributed by atoms with Crippen LogP contribution in [-0.2, 0) is 19.7 Å². The number of carbonyl (C=O) groups excluding carboxylic acids is 2. The van der Waals surface area contributed by atoms with Crippen LogP contribution in [0.5, 0.6) is 11.5 Å². The van der Waals surface area contributed by atoms with E-state index in [1.165, 1.54) is 37.3 Å². The Balaban J connectivity index is 1.76. The normalized spacial score (nSPS) is 11.4. The minimum Gasteiger partial charge on any atom is -0.497 e. The van der Waals surface area contributed by atoms with E-state index in [9.17, 15) is 18.0 Å². The molecule has 9 heteroatoms. The zero-order valence-electron chi connectivity index (χ0n) is 18.9. The Morgan fingerprint density at radius 3 is 2.00 bits per heavy atom. The van der Waals surface area contributed by atoms with E-state index in [0.29, 0.717) is 17.0 Å². The van der Waals surface area contributed by atoms with Gasteiger partial charge in [0.2, 0.25) is 5.91 Å². The summed E-state index contributed by atoms with van der Waals surface area (Å²) in [6, 6.07) is 19.1. The van der Waals surface area contributed by atoms with Crippen molar-refractivity contribution in [3.8, 4) is 11.5 Å². The number of nitrogens with one attached hydrogen (secondary N) is 2. The first-order valence-electron chi connectivity index (χ1n) is 10.2. The van der Waals surface area contributed by atoms with Crippen LogP contribution in [0.15, 0.2) is 83.4 Å². The molecule has 0 radical (unpaired) electrons. The molecule has 8 nitrogen and oxygen atoms in total. The number of methoxy groups -OCH3 is 1. The van der Waals surface area contributed by atoms with Crippen LogP contribution in [0.1, 0.15) is 18.1 Å². The van der Waals surface area contributed by atoms with Crippen LogP contribution in [0, 0.1) is 6.92 Å². The highest BCUT2D eigenvalue weighted by atomic mass is 32.2. The van der Waals surface area contributed by atoms with Gasteiger partial charge in [0.05, 0.1) is 7.11 Å². The van der Waals surface area contributed by atoms with E-state index >= 15 is 0 Å². The first-order chi connectivity index (χ1) is 16.2. The van der Waals surface area contributed by atoms with E-state index in [2.05, 4.69) is 10.6 Å². The summed E-state index contributed by atoms with van der Waals surface area (Å²) < 4.78 is 35.2. The highest BCUT2D eigenvalue weighted by Crippen LogP contribution is 2.21. The minimum absolute atomic E-state index is 0.0178. The number of hydrogen-bond acceptors (Lipinski definition) is 6. The van der Waals surface area contributed by atoms with Gasteiger partial charge in [-0.1, -0.05) is 29.8 Å². The molecule has 34 heavy (non-hydrogen) atoms. The number of rotatable bonds is 8. The van der Waals surface area contributed by atoms with E-state index in [1.54, 1.807) is 55.6 Å². The van der Waals surface area contributed by atoms with Gasteiger partial charge in [-0.05, 0) is 67.1 Å². The second-order valence-corrected chi connectivity index (χ2v) is 8.89. The number of carbonyl (C=O) groups is 2. The van der Waals surface area contributed by atoms with Crippen molar-refractivity contribution in [2.75, 3.05) is 12.4 Å². The molecule has 0 fully saturated rings. The van der Waals surface area contributed by atoms with Crippen molar-refractivity contribution in [2.24, 2.45) is 0 Å². The molecule has 0 aliphatic rings. The van der Waals surface area contributed by atoms with Crippen molar-refractivity contribution in [2.45, 2.75) is 18.7 Å². The fourth-order valence-corrected chi connectivity index (χ4v) is 3.82. The Morgan fingerprint density at radius 2 is 1.44 bits per heavy atom. The van der Waals surface area contributed by atoms with Crippen LogP contribution in [0.25, 0.3) is 6.08 Å². The molecule has 3 aromatic carbocycles. The molecular formula is C25H24N2O6S. The molecule has 3 aromatic rings. The summed E-state index contributed by atoms with van der Waals surface area (Å²) in [5, 5.41) is 5.21. The van der Waals surface area contributed by atoms with Crippen LogP contribution in [0.4, 0.5) is 5.69 Å². The molecule has 0 aliphatic heterocycles. The first-order valence-corrected chi connectivity index (χ1v) is 11.6. The molecule has 3 rings (SSSR count). The molecule has 0 saturated heterocycles. The number of aryl methyl sites for hydroxylation is 1. The molecule has 0 bridgehead atoms. The van der Waals surface area contributed by atoms with Gasteiger partial charge in [-0.3, -0.25) is 9.59 Å². The van der Waals surface area contributed by atoms with Crippen molar-refractivity contribution in [1.82, 2.24) is 5.32 Å². The fraction of sp³-hybridized carbons (Fsp3) is 0.120. The SMILES string of the molecule is COc1ccc(NC(=O)/C(=C\c2ccc(OS(=O)(=O)c3ccc(C)cc3)cc2)NC(C)=O)cc1. The molecule has 0 heterocycles. The minimum atomic E-state index is -3.98. The van der Waals surface area contributed by atoms with E-state index in [1.807, 2.05) is 6.92 Å².